The Morgan fingerprint density at radius 2 is 1.77 bits per heavy atom. The molecule has 138 valence electrons. The van der Waals surface area contributed by atoms with Crippen molar-refractivity contribution in [1.29, 1.82) is 0 Å². The summed E-state index contributed by atoms with van der Waals surface area (Å²) < 4.78 is 28.0. The van der Waals surface area contributed by atoms with Gasteiger partial charge in [0.05, 0.1) is 16.1 Å². The smallest absolute Gasteiger partial charge is 0.337 e. The molecular weight excluding hydrogens is 352 g/mol. The number of carboxylic acid groups (broad SMARTS) is 1. The number of nitrogens with one attached hydrogen (secondary N) is 1. The number of carbonyl (C=O) groups is 1. The molecule has 2 aromatic rings. The first-order valence-corrected chi connectivity index (χ1v) is 10.1. The molecule has 1 heterocycles. The second-order valence-electron chi connectivity index (χ2n) is 6.43. The third kappa shape index (κ3) is 3.89. The molecule has 7 heteroatoms. The van der Waals surface area contributed by atoms with E-state index in [9.17, 15) is 18.3 Å². The van der Waals surface area contributed by atoms with E-state index in [1.807, 2.05) is 35.2 Å². The molecular formula is C19H22N2O4S. The fourth-order valence-corrected chi connectivity index (χ4v) is 4.46. The van der Waals surface area contributed by atoms with Gasteiger partial charge in [-0.05, 0) is 43.5 Å². The minimum Gasteiger partial charge on any atom is -0.478 e. The summed E-state index contributed by atoms with van der Waals surface area (Å²) in [4.78, 5) is 13.6. The molecule has 1 aliphatic heterocycles. The fourth-order valence-electron chi connectivity index (χ4n) is 3.20. The van der Waals surface area contributed by atoms with Crippen molar-refractivity contribution in [1.82, 2.24) is 4.72 Å². The topological polar surface area (TPSA) is 86.7 Å². The first kappa shape index (κ1) is 18.4. The van der Waals surface area contributed by atoms with E-state index in [1.54, 1.807) is 13.0 Å². The molecule has 6 nitrogen and oxygen atoms in total. The minimum absolute atomic E-state index is 0.0159. The van der Waals surface area contributed by atoms with E-state index in [1.165, 1.54) is 12.1 Å². The van der Waals surface area contributed by atoms with Gasteiger partial charge in [0.15, 0.2) is 0 Å². The molecule has 2 N–H and O–H groups in total. The van der Waals surface area contributed by atoms with Crippen LogP contribution in [0.2, 0.25) is 0 Å². The van der Waals surface area contributed by atoms with Crippen LogP contribution in [0.1, 0.15) is 41.7 Å². The number of aromatic carboxylic acids is 1. The Bertz CT molecular complexity index is 891. The van der Waals surface area contributed by atoms with Crippen molar-refractivity contribution < 1.29 is 18.3 Å². The standard InChI is InChI=1S/C19H22N2O4S/c1-14(15-7-3-2-4-8-15)20-26(24,25)16-9-10-18(17(13-16)19(22)23)21-11-5-6-12-21/h2-4,7-10,13-14,20H,5-6,11-12H2,1H3,(H,22,23)/t14-/m0/s1. The molecule has 0 bridgehead atoms. The Labute approximate surface area is 153 Å². The first-order valence-electron chi connectivity index (χ1n) is 8.58. The number of carboxylic acids is 1. The second kappa shape index (κ2) is 7.47. The number of sulfonamides is 1. The molecule has 1 aliphatic rings. The maximum absolute atomic E-state index is 12.7. The van der Waals surface area contributed by atoms with Crippen LogP contribution >= 0.6 is 0 Å². The Morgan fingerprint density at radius 3 is 2.38 bits per heavy atom. The number of rotatable bonds is 6. The van der Waals surface area contributed by atoms with Crippen molar-refractivity contribution in [2.45, 2.75) is 30.7 Å². The summed E-state index contributed by atoms with van der Waals surface area (Å²) in [6.45, 7) is 3.33. The van der Waals surface area contributed by atoms with Crippen molar-refractivity contribution in [3.05, 3.63) is 59.7 Å². The van der Waals surface area contributed by atoms with Gasteiger partial charge in [0.25, 0.3) is 0 Å². The predicted molar refractivity (Wildman–Crippen MR) is 100 cm³/mol. The van der Waals surface area contributed by atoms with Crippen LogP contribution in [-0.4, -0.2) is 32.6 Å². The van der Waals surface area contributed by atoms with Crippen LogP contribution in [0.5, 0.6) is 0 Å². The van der Waals surface area contributed by atoms with Crippen LogP contribution in [0.3, 0.4) is 0 Å². The van der Waals surface area contributed by atoms with Crippen LogP contribution in [0.15, 0.2) is 53.4 Å². The van der Waals surface area contributed by atoms with Crippen LogP contribution in [0, 0.1) is 0 Å². The highest BCUT2D eigenvalue weighted by molar-refractivity contribution is 7.89. The molecule has 26 heavy (non-hydrogen) atoms. The quantitative estimate of drug-likeness (QED) is 0.812. The highest BCUT2D eigenvalue weighted by Crippen LogP contribution is 2.28. The zero-order chi connectivity index (χ0) is 18.7. The lowest BCUT2D eigenvalue weighted by molar-refractivity contribution is 0.0697. The molecule has 0 radical (unpaired) electrons. The van der Waals surface area contributed by atoms with Gasteiger partial charge in [-0.15, -0.1) is 0 Å². The molecule has 3 rings (SSSR count). The number of hydrogen-bond acceptors (Lipinski definition) is 4. The second-order valence-corrected chi connectivity index (χ2v) is 8.15. The molecule has 1 saturated heterocycles. The van der Waals surface area contributed by atoms with Gasteiger partial charge >= 0.3 is 5.97 Å². The molecule has 1 atom stereocenters. The monoisotopic (exact) mass is 374 g/mol. The van der Waals surface area contributed by atoms with E-state index in [-0.39, 0.29) is 10.5 Å². The van der Waals surface area contributed by atoms with E-state index in [0.29, 0.717) is 5.69 Å². The van der Waals surface area contributed by atoms with E-state index in [4.69, 9.17) is 0 Å². The molecule has 0 saturated carbocycles. The number of anilines is 1. The molecule has 0 spiro atoms. The van der Waals surface area contributed by atoms with Gasteiger partial charge < -0.3 is 10.0 Å². The highest BCUT2D eigenvalue weighted by Gasteiger charge is 2.24. The van der Waals surface area contributed by atoms with E-state index in [0.717, 1.165) is 31.5 Å². The lowest BCUT2D eigenvalue weighted by atomic mass is 10.1. The third-order valence-electron chi connectivity index (χ3n) is 4.59. The molecule has 0 aliphatic carbocycles. The Hall–Kier alpha value is -2.38. The van der Waals surface area contributed by atoms with Gasteiger partial charge in [0.1, 0.15) is 0 Å². The molecule has 0 amide bonds. The van der Waals surface area contributed by atoms with Crippen molar-refractivity contribution >= 4 is 21.7 Å². The third-order valence-corrected chi connectivity index (χ3v) is 6.13. The summed E-state index contributed by atoms with van der Waals surface area (Å²) in [7, 11) is -3.84. The molecule has 1 fully saturated rings. The highest BCUT2D eigenvalue weighted by atomic mass is 32.2. The molecule has 0 aromatic heterocycles. The Morgan fingerprint density at radius 1 is 1.12 bits per heavy atom. The lowest BCUT2D eigenvalue weighted by Gasteiger charge is -2.21. The van der Waals surface area contributed by atoms with Crippen LogP contribution in [0.25, 0.3) is 0 Å². The Kier molecular flexibility index (Phi) is 5.29. The number of nitrogens with zero attached hydrogens (tertiary/aromatic N) is 1. The van der Waals surface area contributed by atoms with Crippen molar-refractivity contribution in [2.24, 2.45) is 0 Å². The number of hydrogen-bond donors (Lipinski definition) is 2. The van der Waals surface area contributed by atoms with Gasteiger partial charge in [-0.2, -0.15) is 0 Å². The van der Waals surface area contributed by atoms with E-state index in [2.05, 4.69) is 4.72 Å². The molecule has 2 aromatic carbocycles. The van der Waals surface area contributed by atoms with Crippen molar-refractivity contribution in [3.8, 4) is 0 Å². The van der Waals surface area contributed by atoms with Crippen LogP contribution in [0.4, 0.5) is 5.69 Å². The fraction of sp³-hybridized carbons (Fsp3) is 0.316. The molecule has 0 unspecified atom stereocenters. The maximum Gasteiger partial charge on any atom is 0.337 e. The first-order chi connectivity index (χ1) is 12.4. The van der Waals surface area contributed by atoms with Crippen LogP contribution < -0.4 is 9.62 Å². The predicted octanol–water partition coefficient (Wildman–Crippen LogP) is 3.02. The summed E-state index contributed by atoms with van der Waals surface area (Å²) in [5, 5.41) is 9.53. The van der Waals surface area contributed by atoms with Gasteiger partial charge in [0, 0.05) is 19.1 Å². The van der Waals surface area contributed by atoms with Crippen molar-refractivity contribution in [2.75, 3.05) is 18.0 Å². The van der Waals surface area contributed by atoms with Gasteiger partial charge in [-0.1, -0.05) is 30.3 Å². The minimum atomic E-state index is -3.84. The average Bonchev–Trinajstić information content (AvgIpc) is 3.16. The summed E-state index contributed by atoms with van der Waals surface area (Å²) >= 11 is 0. The van der Waals surface area contributed by atoms with E-state index >= 15 is 0 Å². The van der Waals surface area contributed by atoms with Crippen LogP contribution in [-0.2, 0) is 10.0 Å². The van der Waals surface area contributed by atoms with Crippen molar-refractivity contribution in [3.63, 3.8) is 0 Å². The largest absolute Gasteiger partial charge is 0.478 e. The van der Waals surface area contributed by atoms with Gasteiger partial charge in [-0.3, -0.25) is 0 Å². The summed E-state index contributed by atoms with van der Waals surface area (Å²) in [5.74, 6) is -1.12. The normalized spacial score (nSPS) is 15.8. The average molecular weight is 374 g/mol. The number of benzene rings is 2. The maximum atomic E-state index is 12.7. The van der Waals surface area contributed by atoms with E-state index < -0.39 is 22.0 Å². The zero-order valence-electron chi connectivity index (χ0n) is 14.6. The van der Waals surface area contributed by atoms with Gasteiger partial charge in [-0.25, -0.2) is 17.9 Å². The summed E-state index contributed by atoms with van der Waals surface area (Å²) in [6.07, 6.45) is 2.02. The zero-order valence-corrected chi connectivity index (χ0v) is 15.4. The SMILES string of the molecule is C[C@H](NS(=O)(=O)c1ccc(N2CCCC2)c(C(=O)O)c1)c1ccccc1. The lowest BCUT2D eigenvalue weighted by Crippen LogP contribution is -2.27. The Balaban J connectivity index is 1.90. The summed E-state index contributed by atoms with van der Waals surface area (Å²) in [5.41, 5.74) is 1.43. The van der Waals surface area contributed by atoms with Gasteiger partial charge in [0.2, 0.25) is 10.0 Å². The summed E-state index contributed by atoms with van der Waals surface area (Å²) in [6, 6.07) is 13.1.